The molecule has 2 aromatic heterocycles. The van der Waals surface area contributed by atoms with Crippen LogP contribution in [0.1, 0.15) is 30.9 Å². The normalized spacial score (nSPS) is 16.8. The Morgan fingerprint density at radius 2 is 1.84 bits per heavy atom. The minimum Gasteiger partial charge on any atom is -0.360 e. The zero-order chi connectivity index (χ0) is 17.1. The lowest BCUT2D eigenvalue weighted by Crippen LogP contribution is -2.35. The maximum atomic E-state index is 4.47. The molecule has 6 nitrogen and oxygen atoms in total. The highest BCUT2D eigenvalue weighted by atomic mass is 15.2. The Morgan fingerprint density at radius 3 is 2.64 bits per heavy atom. The van der Waals surface area contributed by atoms with Crippen molar-refractivity contribution in [2.24, 2.45) is 7.05 Å². The second kappa shape index (κ2) is 7.19. The van der Waals surface area contributed by atoms with Crippen LogP contribution >= 0.6 is 0 Å². The predicted molar refractivity (Wildman–Crippen MR) is 99.4 cm³/mol. The smallest absolute Gasteiger partial charge is 0.165 e. The van der Waals surface area contributed by atoms with Crippen LogP contribution in [0.15, 0.2) is 43.0 Å². The van der Waals surface area contributed by atoms with E-state index in [-0.39, 0.29) is 6.04 Å². The number of hydrogen-bond acceptors (Lipinski definition) is 5. The second-order valence-corrected chi connectivity index (χ2v) is 6.72. The van der Waals surface area contributed by atoms with Crippen LogP contribution in [-0.2, 0) is 7.05 Å². The lowest BCUT2D eigenvalue weighted by Gasteiger charge is -2.31. The van der Waals surface area contributed by atoms with Gasteiger partial charge in [0.25, 0.3) is 0 Å². The first-order valence-electron chi connectivity index (χ1n) is 8.97. The van der Waals surface area contributed by atoms with E-state index >= 15 is 0 Å². The Hall–Kier alpha value is -2.47. The maximum Gasteiger partial charge on any atom is 0.165 e. The van der Waals surface area contributed by atoms with Crippen molar-refractivity contribution in [1.82, 2.24) is 24.4 Å². The minimum atomic E-state index is 0.180. The summed E-state index contributed by atoms with van der Waals surface area (Å²) in [5.41, 5.74) is 2.95. The summed E-state index contributed by atoms with van der Waals surface area (Å²) < 4.78 is 1.92. The number of anilines is 1. The Labute approximate surface area is 147 Å². The first kappa shape index (κ1) is 16.0. The molecule has 6 heteroatoms. The fraction of sp³-hybridized carbons (Fsp3) is 0.421. The summed E-state index contributed by atoms with van der Waals surface area (Å²) in [7, 11) is 1.95. The van der Waals surface area contributed by atoms with Gasteiger partial charge in [0.15, 0.2) is 11.5 Å². The number of aromatic nitrogens is 4. The van der Waals surface area contributed by atoms with E-state index in [0.717, 1.165) is 23.5 Å². The molecule has 130 valence electrons. The second-order valence-electron chi connectivity index (χ2n) is 6.72. The zero-order valence-electron chi connectivity index (χ0n) is 14.6. The number of aryl methyl sites for hydroxylation is 1. The van der Waals surface area contributed by atoms with E-state index in [4.69, 9.17) is 0 Å². The Morgan fingerprint density at radius 1 is 1.04 bits per heavy atom. The van der Waals surface area contributed by atoms with Crippen molar-refractivity contribution in [2.75, 3.05) is 25.0 Å². The van der Waals surface area contributed by atoms with Gasteiger partial charge >= 0.3 is 0 Å². The Kier molecular flexibility index (Phi) is 4.61. The van der Waals surface area contributed by atoms with Gasteiger partial charge in [-0.25, -0.2) is 15.0 Å². The summed E-state index contributed by atoms with van der Waals surface area (Å²) in [5, 5.41) is 3.63. The molecular weight excluding hydrogens is 312 g/mol. The van der Waals surface area contributed by atoms with Gasteiger partial charge in [-0.15, -0.1) is 0 Å². The molecule has 1 unspecified atom stereocenters. The van der Waals surface area contributed by atoms with Crippen molar-refractivity contribution < 1.29 is 0 Å². The van der Waals surface area contributed by atoms with Gasteiger partial charge in [-0.3, -0.25) is 0 Å². The molecule has 1 saturated heterocycles. The number of benzene rings is 1. The molecule has 0 bridgehead atoms. The molecule has 3 heterocycles. The molecular formula is C19H24N6. The number of rotatable bonds is 5. The highest BCUT2D eigenvalue weighted by Gasteiger charge is 2.20. The van der Waals surface area contributed by atoms with Crippen LogP contribution in [0, 0.1) is 0 Å². The summed E-state index contributed by atoms with van der Waals surface area (Å²) in [6, 6.07) is 10.8. The molecule has 1 aliphatic rings. The van der Waals surface area contributed by atoms with Gasteiger partial charge in [-0.05, 0) is 31.5 Å². The molecule has 1 fully saturated rings. The summed E-state index contributed by atoms with van der Waals surface area (Å²) in [6.07, 6.45) is 7.32. The number of hydrogen-bond donors (Lipinski definition) is 1. The van der Waals surface area contributed by atoms with E-state index in [1.807, 2.05) is 11.6 Å². The lowest BCUT2D eigenvalue weighted by atomic mass is 10.0. The molecule has 1 atom stereocenters. The third kappa shape index (κ3) is 3.49. The zero-order valence-corrected chi connectivity index (χ0v) is 14.6. The molecule has 1 N–H and O–H groups in total. The van der Waals surface area contributed by atoms with E-state index in [0.29, 0.717) is 0 Å². The van der Waals surface area contributed by atoms with Crippen molar-refractivity contribution in [3.63, 3.8) is 0 Å². The molecule has 0 spiro atoms. The largest absolute Gasteiger partial charge is 0.360 e. The van der Waals surface area contributed by atoms with Gasteiger partial charge in [0.05, 0.1) is 12.4 Å². The van der Waals surface area contributed by atoms with Crippen molar-refractivity contribution in [1.29, 1.82) is 0 Å². The topological polar surface area (TPSA) is 58.9 Å². The molecule has 1 aliphatic heterocycles. The van der Waals surface area contributed by atoms with Crippen LogP contribution in [-0.4, -0.2) is 44.1 Å². The molecule has 0 saturated carbocycles. The Bertz CT molecular complexity index is 822. The monoisotopic (exact) mass is 336 g/mol. The van der Waals surface area contributed by atoms with Crippen LogP contribution in [0.3, 0.4) is 0 Å². The number of imidazole rings is 1. The summed E-state index contributed by atoms with van der Waals surface area (Å²) in [5.74, 6) is 0.802. The van der Waals surface area contributed by atoms with E-state index in [1.165, 1.54) is 37.9 Å². The SMILES string of the molecule is Cn1cnc2c(NC(CN3CCCCC3)c3ccccc3)ncnc21. The average Bonchev–Trinajstić information content (AvgIpc) is 3.05. The van der Waals surface area contributed by atoms with E-state index in [1.54, 1.807) is 12.7 Å². The third-order valence-corrected chi connectivity index (χ3v) is 4.90. The number of piperidine rings is 1. The minimum absolute atomic E-state index is 0.180. The fourth-order valence-electron chi connectivity index (χ4n) is 3.54. The molecule has 0 amide bonds. The maximum absolute atomic E-state index is 4.47. The number of nitrogens with one attached hydrogen (secondary N) is 1. The van der Waals surface area contributed by atoms with Crippen molar-refractivity contribution >= 4 is 17.0 Å². The molecule has 1 aromatic carbocycles. The number of likely N-dealkylation sites (tertiary alicyclic amines) is 1. The van der Waals surface area contributed by atoms with Gasteiger partial charge in [0.2, 0.25) is 0 Å². The summed E-state index contributed by atoms with van der Waals surface area (Å²) in [4.78, 5) is 15.8. The number of nitrogens with zero attached hydrogens (tertiary/aromatic N) is 5. The molecule has 4 rings (SSSR count). The predicted octanol–water partition coefficient (Wildman–Crippen LogP) is 3.00. The van der Waals surface area contributed by atoms with Crippen molar-refractivity contribution in [3.8, 4) is 0 Å². The quantitative estimate of drug-likeness (QED) is 0.776. The van der Waals surface area contributed by atoms with Crippen LogP contribution in [0.5, 0.6) is 0 Å². The fourth-order valence-corrected chi connectivity index (χ4v) is 3.54. The van der Waals surface area contributed by atoms with Crippen LogP contribution in [0.25, 0.3) is 11.2 Å². The highest BCUT2D eigenvalue weighted by Crippen LogP contribution is 2.24. The van der Waals surface area contributed by atoms with Crippen LogP contribution < -0.4 is 5.32 Å². The van der Waals surface area contributed by atoms with Gasteiger partial charge in [0, 0.05) is 13.6 Å². The Balaban J connectivity index is 1.63. The van der Waals surface area contributed by atoms with Gasteiger partial charge in [0.1, 0.15) is 11.8 Å². The first-order chi connectivity index (χ1) is 12.3. The van der Waals surface area contributed by atoms with E-state index in [9.17, 15) is 0 Å². The molecule has 3 aromatic rings. The van der Waals surface area contributed by atoms with E-state index < -0.39 is 0 Å². The lowest BCUT2D eigenvalue weighted by molar-refractivity contribution is 0.220. The molecule has 25 heavy (non-hydrogen) atoms. The van der Waals surface area contributed by atoms with E-state index in [2.05, 4.69) is 55.5 Å². The van der Waals surface area contributed by atoms with Crippen LogP contribution in [0.4, 0.5) is 5.82 Å². The van der Waals surface area contributed by atoms with Gasteiger partial charge in [-0.2, -0.15) is 0 Å². The standard InChI is InChI=1S/C19H24N6/c1-24-14-22-17-18(20-13-21-19(17)24)23-16(15-8-4-2-5-9-15)12-25-10-6-3-7-11-25/h2,4-5,8-9,13-14,16H,3,6-7,10-12H2,1H3,(H,20,21,23). The highest BCUT2D eigenvalue weighted by molar-refractivity contribution is 5.82. The van der Waals surface area contributed by atoms with Gasteiger partial charge < -0.3 is 14.8 Å². The summed E-state index contributed by atoms with van der Waals surface area (Å²) in [6.45, 7) is 3.32. The summed E-state index contributed by atoms with van der Waals surface area (Å²) >= 11 is 0. The molecule has 0 radical (unpaired) electrons. The van der Waals surface area contributed by atoms with Crippen molar-refractivity contribution in [2.45, 2.75) is 25.3 Å². The van der Waals surface area contributed by atoms with Gasteiger partial charge in [-0.1, -0.05) is 36.8 Å². The molecule has 0 aliphatic carbocycles. The third-order valence-electron chi connectivity index (χ3n) is 4.90. The van der Waals surface area contributed by atoms with Crippen LogP contribution in [0.2, 0.25) is 0 Å². The average molecular weight is 336 g/mol. The van der Waals surface area contributed by atoms with Crippen molar-refractivity contribution in [3.05, 3.63) is 48.5 Å². The number of fused-ring (bicyclic) bond motifs is 1. The first-order valence-corrected chi connectivity index (χ1v) is 8.97.